The van der Waals surface area contributed by atoms with E-state index in [9.17, 15) is 9.18 Å². The Bertz CT molecular complexity index is 1020. The summed E-state index contributed by atoms with van der Waals surface area (Å²) in [6.45, 7) is 6.76. The predicted molar refractivity (Wildman–Crippen MR) is 97.7 cm³/mol. The molecule has 0 saturated carbocycles. The van der Waals surface area contributed by atoms with Crippen LogP contribution in [0.3, 0.4) is 0 Å². The Hall–Kier alpha value is -2.61. The van der Waals surface area contributed by atoms with Gasteiger partial charge in [0, 0.05) is 12.6 Å². The Morgan fingerprint density at radius 1 is 1.22 bits per heavy atom. The summed E-state index contributed by atoms with van der Waals surface area (Å²) in [6, 6.07) is 4.14. The van der Waals surface area contributed by atoms with Gasteiger partial charge in [-0.1, -0.05) is 5.16 Å². The van der Waals surface area contributed by atoms with Crippen LogP contribution in [-0.4, -0.2) is 37.7 Å². The standard InChI is InChI=1S/C19H22FN5O2/c1-12-21-18(27-23-12)11-24-7-5-14(6-8-24)10-25-13(2)22-17-9-15(20)3-4-16(17)19(25)26/h3-4,9,14H,5-8,10-11H2,1-2H3. The second-order valence-electron chi connectivity index (χ2n) is 7.19. The Morgan fingerprint density at radius 2 is 2.00 bits per heavy atom. The predicted octanol–water partition coefficient (Wildman–Crippen LogP) is 2.45. The van der Waals surface area contributed by atoms with Gasteiger partial charge in [0.1, 0.15) is 11.6 Å². The SMILES string of the molecule is Cc1noc(CN2CCC(Cn3c(C)nc4cc(F)ccc4c3=O)CC2)n1. The molecule has 0 bridgehead atoms. The van der Waals surface area contributed by atoms with E-state index in [0.29, 0.717) is 47.4 Å². The van der Waals surface area contributed by atoms with Crippen LogP contribution < -0.4 is 5.56 Å². The van der Waals surface area contributed by atoms with Gasteiger partial charge in [0.2, 0.25) is 5.89 Å². The number of likely N-dealkylation sites (tertiary alicyclic amines) is 1. The highest BCUT2D eigenvalue weighted by atomic mass is 19.1. The minimum atomic E-state index is -0.379. The Balaban J connectivity index is 1.44. The molecule has 3 aromatic rings. The van der Waals surface area contributed by atoms with Gasteiger partial charge >= 0.3 is 0 Å². The molecule has 8 heteroatoms. The number of rotatable bonds is 4. The zero-order valence-corrected chi connectivity index (χ0v) is 15.5. The summed E-state index contributed by atoms with van der Waals surface area (Å²) in [5, 5.41) is 4.29. The summed E-state index contributed by atoms with van der Waals surface area (Å²) < 4.78 is 20.3. The van der Waals surface area contributed by atoms with Crippen molar-refractivity contribution in [2.24, 2.45) is 5.92 Å². The zero-order valence-electron chi connectivity index (χ0n) is 15.5. The summed E-state index contributed by atoms with van der Waals surface area (Å²) in [7, 11) is 0. The van der Waals surface area contributed by atoms with E-state index in [0.717, 1.165) is 25.9 Å². The largest absolute Gasteiger partial charge is 0.338 e. The number of hydrogen-bond donors (Lipinski definition) is 0. The van der Waals surface area contributed by atoms with Gasteiger partial charge in [0.15, 0.2) is 5.82 Å². The molecule has 1 aromatic carbocycles. The molecule has 0 aliphatic carbocycles. The minimum Gasteiger partial charge on any atom is -0.338 e. The summed E-state index contributed by atoms with van der Waals surface area (Å²) >= 11 is 0. The van der Waals surface area contributed by atoms with Gasteiger partial charge < -0.3 is 4.52 Å². The topological polar surface area (TPSA) is 77.0 Å². The van der Waals surface area contributed by atoms with Gasteiger partial charge in [0.05, 0.1) is 17.4 Å². The van der Waals surface area contributed by atoms with Gasteiger partial charge in [0.25, 0.3) is 5.56 Å². The molecule has 0 amide bonds. The third-order valence-corrected chi connectivity index (χ3v) is 5.18. The molecule has 0 atom stereocenters. The number of aryl methyl sites for hydroxylation is 2. The normalized spacial score (nSPS) is 16.3. The average molecular weight is 371 g/mol. The quantitative estimate of drug-likeness (QED) is 0.701. The van der Waals surface area contributed by atoms with Gasteiger partial charge in [-0.15, -0.1) is 0 Å². The lowest BCUT2D eigenvalue weighted by Crippen LogP contribution is -2.36. The fourth-order valence-electron chi connectivity index (χ4n) is 3.70. The monoisotopic (exact) mass is 371 g/mol. The molecule has 1 aliphatic heterocycles. The summed E-state index contributed by atoms with van der Waals surface area (Å²) in [4.78, 5) is 23.8. The zero-order chi connectivity index (χ0) is 19.0. The molecule has 1 aliphatic rings. The first-order valence-electron chi connectivity index (χ1n) is 9.18. The molecule has 1 saturated heterocycles. The molecule has 27 heavy (non-hydrogen) atoms. The summed E-state index contributed by atoms with van der Waals surface area (Å²) in [5.41, 5.74) is 0.319. The summed E-state index contributed by atoms with van der Waals surface area (Å²) in [6.07, 6.45) is 1.97. The fourth-order valence-corrected chi connectivity index (χ4v) is 3.70. The number of hydrogen-bond acceptors (Lipinski definition) is 6. The molecule has 0 unspecified atom stereocenters. The number of piperidine rings is 1. The lowest BCUT2D eigenvalue weighted by Gasteiger charge is -2.31. The number of aromatic nitrogens is 4. The molecule has 2 aromatic heterocycles. The molecule has 0 N–H and O–H groups in total. The van der Waals surface area contributed by atoms with Crippen LogP contribution in [-0.2, 0) is 13.1 Å². The van der Waals surface area contributed by atoms with Crippen molar-refractivity contribution in [1.29, 1.82) is 0 Å². The highest BCUT2D eigenvalue weighted by Crippen LogP contribution is 2.21. The van der Waals surface area contributed by atoms with Crippen molar-refractivity contribution in [1.82, 2.24) is 24.6 Å². The minimum absolute atomic E-state index is 0.0961. The first-order chi connectivity index (χ1) is 13.0. The van der Waals surface area contributed by atoms with Crippen molar-refractivity contribution < 1.29 is 8.91 Å². The van der Waals surface area contributed by atoms with Crippen LogP contribution >= 0.6 is 0 Å². The van der Waals surface area contributed by atoms with Gasteiger partial charge in [-0.2, -0.15) is 4.98 Å². The van der Waals surface area contributed by atoms with E-state index in [1.54, 1.807) is 11.5 Å². The van der Waals surface area contributed by atoms with Gasteiger partial charge in [-0.05, 0) is 57.8 Å². The van der Waals surface area contributed by atoms with Crippen molar-refractivity contribution in [2.45, 2.75) is 39.8 Å². The highest BCUT2D eigenvalue weighted by Gasteiger charge is 2.22. The van der Waals surface area contributed by atoms with Crippen molar-refractivity contribution in [3.63, 3.8) is 0 Å². The van der Waals surface area contributed by atoms with E-state index in [-0.39, 0.29) is 11.4 Å². The first-order valence-corrected chi connectivity index (χ1v) is 9.18. The molecule has 1 fully saturated rings. The first kappa shape index (κ1) is 17.8. The lowest BCUT2D eigenvalue weighted by atomic mass is 9.96. The summed E-state index contributed by atoms with van der Waals surface area (Å²) in [5.74, 6) is 1.95. The fraction of sp³-hybridized carbons (Fsp3) is 0.474. The maximum atomic E-state index is 13.4. The highest BCUT2D eigenvalue weighted by molar-refractivity contribution is 5.77. The Labute approximate surface area is 155 Å². The van der Waals surface area contributed by atoms with Crippen LogP contribution in [0.5, 0.6) is 0 Å². The second-order valence-corrected chi connectivity index (χ2v) is 7.19. The van der Waals surface area contributed by atoms with E-state index in [2.05, 4.69) is 20.0 Å². The lowest BCUT2D eigenvalue weighted by molar-refractivity contribution is 0.150. The van der Waals surface area contributed by atoms with Crippen molar-refractivity contribution in [2.75, 3.05) is 13.1 Å². The third kappa shape index (κ3) is 3.75. The molecular formula is C19H22FN5O2. The van der Waals surface area contributed by atoms with E-state index >= 15 is 0 Å². The van der Waals surface area contributed by atoms with Crippen LogP contribution in [0.15, 0.2) is 27.5 Å². The maximum absolute atomic E-state index is 13.4. The maximum Gasteiger partial charge on any atom is 0.261 e. The molecule has 7 nitrogen and oxygen atoms in total. The Kier molecular flexibility index (Phi) is 4.73. The van der Waals surface area contributed by atoms with E-state index in [1.807, 2.05) is 6.92 Å². The van der Waals surface area contributed by atoms with Crippen LogP contribution in [0.2, 0.25) is 0 Å². The van der Waals surface area contributed by atoms with Gasteiger partial charge in [-0.25, -0.2) is 9.37 Å². The molecule has 0 spiro atoms. The van der Waals surface area contributed by atoms with E-state index in [1.165, 1.54) is 18.2 Å². The third-order valence-electron chi connectivity index (χ3n) is 5.18. The molecule has 0 radical (unpaired) electrons. The Morgan fingerprint density at radius 3 is 2.70 bits per heavy atom. The van der Waals surface area contributed by atoms with E-state index in [4.69, 9.17) is 4.52 Å². The molecule has 142 valence electrons. The molecule has 3 heterocycles. The van der Waals surface area contributed by atoms with Crippen LogP contribution in [0.4, 0.5) is 4.39 Å². The molecule has 4 rings (SSSR count). The smallest absolute Gasteiger partial charge is 0.261 e. The number of halogens is 1. The van der Waals surface area contributed by atoms with Crippen molar-refractivity contribution in [3.8, 4) is 0 Å². The van der Waals surface area contributed by atoms with Crippen molar-refractivity contribution >= 4 is 10.9 Å². The number of nitrogens with zero attached hydrogens (tertiary/aromatic N) is 5. The van der Waals surface area contributed by atoms with Crippen LogP contribution in [0.1, 0.15) is 30.4 Å². The number of fused-ring (bicyclic) bond motifs is 1. The van der Waals surface area contributed by atoms with Crippen LogP contribution in [0.25, 0.3) is 10.9 Å². The second kappa shape index (κ2) is 7.19. The number of benzene rings is 1. The van der Waals surface area contributed by atoms with Crippen molar-refractivity contribution in [3.05, 3.63) is 51.9 Å². The van der Waals surface area contributed by atoms with E-state index < -0.39 is 0 Å². The molecular weight excluding hydrogens is 349 g/mol. The average Bonchev–Trinajstić information content (AvgIpc) is 3.04. The van der Waals surface area contributed by atoms with Gasteiger partial charge in [-0.3, -0.25) is 14.3 Å². The van der Waals surface area contributed by atoms with Crippen LogP contribution in [0, 0.1) is 25.6 Å².